The van der Waals surface area contributed by atoms with Gasteiger partial charge >= 0.3 is 6.03 Å². The van der Waals surface area contributed by atoms with E-state index in [4.69, 9.17) is 0 Å². The monoisotopic (exact) mass is 378 g/mol. The molecule has 0 saturated heterocycles. The van der Waals surface area contributed by atoms with Gasteiger partial charge in [0, 0.05) is 12.2 Å². The van der Waals surface area contributed by atoms with Crippen LogP contribution >= 0.6 is 0 Å². The first kappa shape index (κ1) is 19.6. The van der Waals surface area contributed by atoms with Gasteiger partial charge in [-0.1, -0.05) is 45.0 Å². The maximum Gasteiger partial charge on any atom is 0.322 e. The second-order valence-corrected chi connectivity index (χ2v) is 7.80. The third-order valence-corrected chi connectivity index (χ3v) is 4.67. The number of hydrogen-bond acceptors (Lipinski definition) is 3. The Bertz CT molecular complexity index is 1030. The van der Waals surface area contributed by atoms with Gasteiger partial charge < -0.3 is 15.2 Å². The fourth-order valence-electron chi connectivity index (χ4n) is 2.97. The average Bonchev–Trinajstić information content (AvgIpc) is 2.66. The third-order valence-electron chi connectivity index (χ3n) is 4.67. The Hall–Kier alpha value is -3.15. The van der Waals surface area contributed by atoms with Crippen LogP contribution < -0.4 is 10.9 Å². The van der Waals surface area contributed by atoms with Crippen molar-refractivity contribution in [2.45, 2.75) is 39.7 Å². The molecule has 2 aromatic carbocycles. The van der Waals surface area contributed by atoms with Crippen molar-refractivity contribution in [3.8, 4) is 0 Å². The molecule has 2 N–H and O–H groups in total. The minimum atomic E-state index is -0.234. The number of anilines is 1. The lowest BCUT2D eigenvalue weighted by Gasteiger charge is -2.22. The molecule has 3 aromatic rings. The van der Waals surface area contributed by atoms with Crippen molar-refractivity contribution in [3.05, 3.63) is 70.3 Å². The first-order chi connectivity index (χ1) is 13.3. The summed E-state index contributed by atoms with van der Waals surface area (Å²) in [5, 5.41) is 3.45. The van der Waals surface area contributed by atoms with Crippen molar-refractivity contribution in [2.24, 2.45) is 0 Å². The number of benzene rings is 2. The van der Waals surface area contributed by atoms with Crippen molar-refractivity contribution in [1.29, 1.82) is 0 Å². The van der Waals surface area contributed by atoms with Crippen LogP contribution in [0.4, 0.5) is 10.5 Å². The van der Waals surface area contributed by atoms with Crippen molar-refractivity contribution >= 4 is 22.6 Å². The Balaban J connectivity index is 1.74. The topological polar surface area (TPSA) is 78.1 Å². The number of aromatic nitrogens is 2. The van der Waals surface area contributed by atoms with E-state index in [-0.39, 0.29) is 23.6 Å². The number of para-hydroxylation sites is 1. The average molecular weight is 378 g/mol. The highest BCUT2D eigenvalue weighted by Crippen LogP contribution is 2.23. The fourth-order valence-corrected chi connectivity index (χ4v) is 2.97. The molecule has 0 unspecified atom stereocenters. The van der Waals surface area contributed by atoms with Gasteiger partial charge in [-0.3, -0.25) is 4.79 Å². The van der Waals surface area contributed by atoms with E-state index in [0.29, 0.717) is 23.3 Å². The smallest absolute Gasteiger partial charge is 0.317 e. The molecule has 6 nitrogen and oxygen atoms in total. The maximum absolute atomic E-state index is 12.7. The molecule has 146 valence electrons. The van der Waals surface area contributed by atoms with Crippen LogP contribution in [0.15, 0.2) is 53.3 Å². The first-order valence-corrected chi connectivity index (χ1v) is 9.42. The zero-order valence-corrected chi connectivity index (χ0v) is 16.7. The highest BCUT2D eigenvalue weighted by Gasteiger charge is 2.16. The van der Waals surface area contributed by atoms with Gasteiger partial charge in [0.25, 0.3) is 5.56 Å². The van der Waals surface area contributed by atoms with E-state index in [2.05, 4.69) is 36.1 Å². The van der Waals surface area contributed by atoms with Gasteiger partial charge in [-0.2, -0.15) is 0 Å². The Labute approximate surface area is 164 Å². The maximum atomic E-state index is 12.7. The second kappa shape index (κ2) is 7.84. The molecule has 0 aliphatic heterocycles. The Morgan fingerprint density at radius 1 is 1.11 bits per heavy atom. The number of amides is 2. The van der Waals surface area contributed by atoms with Crippen molar-refractivity contribution < 1.29 is 4.79 Å². The van der Waals surface area contributed by atoms with Crippen LogP contribution in [0.1, 0.15) is 39.1 Å². The SMILES string of the molecule is CCN(Cc1nc2ccccc2c(=O)[nH]1)C(=O)Nc1ccc(C(C)(C)C)cc1. The number of nitrogens with one attached hydrogen (secondary N) is 2. The number of fused-ring (bicyclic) bond motifs is 1. The highest BCUT2D eigenvalue weighted by atomic mass is 16.2. The van der Waals surface area contributed by atoms with Crippen LogP contribution in [-0.2, 0) is 12.0 Å². The fraction of sp³-hybridized carbons (Fsp3) is 0.318. The Kier molecular flexibility index (Phi) is 5.49. The standard InChI is InChI=1S/C22H26N4O2/c1-5-26(14-19-24-18-9-7-6-8-17(18)20(27)25-19)21(28)23-16-12-10-15(11-13-16)22(2,3)4/h6-13H,5,14H2,1-4H3,(H,23,28)(H,24,25,27). The molecule has 2 amide bonds. The molecule has 1 heterocycles. The Morgan fingerprint density at radius 3 is 2.43 bits per heavy atom. The lowest BCUT2D eigenvalue weighted by molar-refractivity contribution is 0.211. The number of carbonyl (C=O) groups excluding carboxylic acids is 1. The number of H-pyrrole nitrogens is 1. The number of urea groups is 1. The Morgan fingerprint density at radius 2 is 1.79 bits per heavy atom. The summed E-state index contributed by atoms with van der Waals surface area (Å²) in [5.74, 6) is 0.462. The van der Waals surface area contributed by atoms with Crippen LogP contribution in [0.25, 0.3) is 10.9 Å². The number of carbonyl (C=O) groups is 1. The molecule has 0 bridgehead atoms. The molecular formula is C22H26N4O2. The lowest BCUT2D eigenvalue weighted by atomic mass is 9.87. The van der Waals surface area contributed by atoms with Gasteiger partial charge in [-0.15, -0.1) is 0 Å². The molecule has 28 heavy (non-hydrogen) atoms. The van der Waals surface area contributed by atoms with Gasteiger partial charge in [-0.25, -0.2) is 9.78 Å². The van der Waals surface area contributed by atoms with E-state index in [1.54, 1.807) is 23.1 Å². The molecule has 0 saturated carbocycles. The highest BCUT2D eigenvalue weighted by molar-refractivity contribution is 5.89. The van der Waals surface area contributed by atoms with E-state index in [1.165, 1.54) is 5.56 Å². The van der Waals surface area contributed by atoms with E-state index < -0.39 is 0 Å². The number of rotatable bonds is 4. The van der Waals surface area contributed by atoms with Crippen LogP contribution in [0.3, 0.4) is 0 Å². The van der Waals surface area contributed by atoms with Crippen LogP contribution in [0.5, 0.6) is 0 Å². The molecule has 0 fully saturated rings. The van der Waals surface area contributed by atoms with Gasteiger partial charge in [0.15, 0.2) is 0 Å². The summed E-state index contributed by atoms with van der Waals surface area (Å²) < 4.78 is 0. The third kappa shape index (κ3) is 4.39. The molecule has 0 aliphatic carbocycles. The van der Waals surface area contributed by atoms with Gasteiger partial charge in [-0.05, 0) is 42.2 Å². The van der Waals surface area contributed by atoms with Crippen LogP contribution in [0.2, 0.25) is 0 Å². The summed E-state index contributed by atoms with van der Waals surface area (Å²) >= 11 is 0. The minimum Gasteiger partial charge on any atom is -0.317 e. The van der Waals surface area contributed by atoms with E-state index in [9.17, 15) is 9.59 Å². The molecule has 0 spiro atoms. The largest absolute Gasteiger partial charge is 0.322 e. The molecule has 0 atom stereocenters. The van der Waals surface area contributed by atoms with Gasteiger partial charge in [0.2, 0.25) is 0 Å². The number of aromatic amines is 1. The van der Waals surface area contributed by atoms with Crippen molar-refractivity contribution in [3.63, 3.8) is 0 Å². The zero-order valence-electron chi connectivity index (χ0n) is 16.7. The second-order valence-electron chi connectivity index (χ2n) is 7.80. The molecule has 0 radical (unpaired) electrons. The summed E-state index contributed by atoms with van der Waals surface area (Å²) in [6.07, 6.45) is 0. The summed E-state index contributed by atoms with van der Waals surface area (Å²) in [4.78, 5) is 33.7. The quantitative estimate of drug-likeness (QED) is 0.711. The summed E-state index contributed by atoms with van der Waals surface area (Å²) in [5.41, 5.74) is 2.42. The molecule has 1 aromatic heterocycles. The first-order valence-electron chi connectivity index (χ1n) is 9.42. The summed E-state index contributed by atoms with van der Waals surface area (Å²) in [6.45, 7) is 9.05. The predicted octanol–water partition coefficient (Wildman–Crippen LogP) is 4.27. The van der Waals surface area contributed by atoms with Gasteiger partial charge in [0.05, 0.1) is 17.4 Å². The normalized spacial score (nSPS) is 11.4. The van der Waals surface area contributed by atoms with Gasteiger partial charge in [0.1, 0.15) is 5.82 Å². The molecule has 3 rings (SSSR count). The van der Waals surface area contributed by atoms with E-state index in [1.807, 2.05) is 37.3 Å². The van der Waals surface area contributed by atoms with Crippen molar-refractivity contribution in [2.75, 3.05) is 11.9 Å². The zero-order chi connectivity index (χ0) is 20.3. The van der Waals surface area contributed by atoms with E-state index in [0.717, 1.165) is 5.69 Å². The molecular weight excluding hydrogens is 352 g/mol. The molecule has 6 heteroatoms. The number of nitrogens with zero attached hydrogens (tertiary/aromatic N) is 2. The summed E-state index contributed by atoms with van der Waals surface area (Å²) in [7, 11) is 0. The van der Waals surface area contributed by atoms with E-state index >= 15 is 0 Å². The minimum absolute atomic E-state index is 0.0611. The molecule has 0 aliphatic rings. The van der Waals surface area contributed by atoms with Crippen molar-refractivity contribution in [1.82, 2.24) is 14.9 Å². The summed E-state index contributed by atoms with van der Waals surface area (Å²) in [6, 6.07) is 14.8. The predicted molar refractivity (Wildman–Crippen MR) is 113 cm³/mol. The number of hydrogen-bond donors (Lipinski definition) is 2. The van der Waals surface area contributed by atoms with Crippen LogP contribution in [0, 0.1) is 0 Å². The van der Waals surface area contributed by atoms with Crippen LogP contribution in [-0.4, -0.2) is 27.4 Å². The lowest BCUT2D eigenvalue weighted by Crippen LogP contribution is -2.35.